The van der Waals surface area contributed by atoms with Crippen LogP contribution in [0, 0.1) is 0 Å². The molecular weight excluding hydrogens is 884 g/mol. The normalized spacial score (nSPS) is 20.0. The van der Waals surface area contributed by atoms with Gasteiger partial charge in [-0.2, -0.15) is 16.8 Å². The molecule has 0 radical (unpaired) electrons. The summed E-state index contributed by atoms with van der Waals surface area (Å²) in [5, 5.41) is 2.58. The molecule has 2 unspecified atom stereocenters. The van der Waals surface area contributed by atoms with Crippen molar-refractivity contribution in [3.63, 3.8) is 0 Å². The van der Waals surface area contributed by atoms with Gasteiger partial charge in [-0.1, -0.05) is 24.3 Å². The molecule has 4 aliphatic rings. The van der Waals surface area contributed by atoms with Gasteiger partial charge in [0.1, 0.15) is 11.5 Å². The Balaban J connectivity index is 0.00000612. The van der Waals surface area contributed by atoms with E-state index in [2.05, 4.69) is 10.6 Å². The van der Waals surface area contributed by atoms with E-state index < -0.39 is 54.9 Å². The monoisotopic (exact) mass is 927 g/mol. The van der Waals surface area contributed by atoms with E-state index in [1.54, 1.807) is 75.2 Å². The van der Waals surface area contributed by atoms with Crippen molar-refractivity contribution in [3.05, 3.63) is 107 Å². The van der Waals surface area contributed by atoms with Crippen molar-refractivity contribution in [2.24, 2.45) is 0 Å². The van der Waals surface area contributed by atoms with E-state index >= 15 is 0 Å². The van der Waals surface area contributed by atoms with E-state index in [1.165, 1.54) is 48.3 Å². The van der Waals surface area contributed by atoms with Crippen LogP contribution < -0.4 is 68.6 Å². The Morgan fingerprint density at radius 2 is 0.953 bits per heavy atom. The number of anilines is 2. The molecule has 0 aliphatic carbocycles. The number of nitrogens with one attached hydrogen (secondary N) is 2. The number of hydrogen-bond acceptors (Lipinski definition) is 14. The van der Waals surface area contributed by atoms with Crippen molar-refractivity contribution in [3.8, 4) is 34.5 Å². The van der Waals surface area contributed by atoms with Crippen LogP contribution in [-0.4, -0.2) is 112 Å². The summed E-state index contributed by atoms with van der Waals surface area (Å²) in [6.07, 6.45) is 3.70. The number of amides is 2. The minimum Gasteiger partial charge on any atom is -0.497 e. The summed E-state index contributed by atoms with van der Waals surface area (Å²) in [4.78, 5) is 30.6. The minimum atomic E-state index is -4.74. The number of carbonyl (C=O) groups is 2. The third-order valence-electron chi connectivity index (χ3n) is 11.4. The van der Waals surface area contributed by atoms with Crippen molar-refractivity contribution in [1.82, 2.24) is 9.80 Å². The van der Waals surface area contributed by atoms with Crippen LogP contribution in [0.2, 0.25) is 0 Å². The van der Waals surface area contributed by atoms with Crippen LogP contribution in [0.25, 0.3) is 11.1 Å². The molecule has 21 heteroatoms. The van der Waals surface area contributed by atoms with Crippen LogP contribution in [0.4, 0.5) is 11.4 Å². The molecule has 0 fully saturated rings. The topological polar surface area (TPSA) is 229 Å². The predicted molar refractivity (Wildman–Crippen MR) is 231 cm³/mol. The standard InChI is InChI=1S/C43H44N4O14S2.Na/c1-56-28-10-6-24(7-11-28)26-16-34-40(62(50,51)52)44-32-20-38(36(58-3)18-30(32)42(48)46(34)22-26)60-14-5-15-61-39-21-33-31(19-37(39)59-4)43(49)47-23-27(25-8-12-29(57-2)13-9-25)17-35(47)41(45-33)63(53,54)55;/h6-13,18-23,34-35,40-41,44-45H,5,14-17H2,1-4H3,(H,50,51,52)(H,53,54,55);/q;+1/t34-,35-,40?,41?;/m0./s1. The average molecular weight is 928 g/mol. The second-order valence-corrected chi connectivity index (χ2v) is 18.1. The maximum atomic E-state index is 14.0. The average Bonchev–Trinajstić information content (AvgIpc) is 3.86. The van der Waals surface area contributed by atoms with Gasteiger partial charge < -0.3 is 48.9 Å². The van der Waals surface area contributed by atoms with Crippen LogP contribution in [0.5, 0.6) is 34.5 Å². The maximum absolute atomic E-state index is 14.0. The molecule has 4 aliphatic heterocycles. The molecule has 0 saturated heterocycles. The first-order valence-electron chi connectivity index (χ1n) is 19.6. The van der Waals surface area contributed by atoms with Crippen molar-refractivity contribution in [1.29, 1.82) is 0 Å². The van der Waals surface area contributed by atoms with Gasteiger partial charge in [0, 0.05) is 31.0 Å². The molecule has 4 N–H and O–H groups in total. The largest absolute Gasteiger partial charge is 1.00 e. The van der Waals surface area contributed by atoms with Crippen molar-refractivity contribution in [2.45, 2.75) is 42.1 Å². The quantitative estimate of drug-likeness (QED) is 0.0809. The van der Waals surface area contributed by atoms with Crippen molar-refractivity contribution >= 4 is 54.6 Å². The van der Waals surface area contributed by atoms with Gasteiger partial charge in [0.05, 0.1) is 76.2 Å². The van der Waals surface area contributed by atoms with E-state index in [0.717, 1.165) is 11.1 Å². The van der Waals surface area contributed by atoms with Crippen LogP contribution in [-0.2, 0) is 20.2 Å². The number of benzene rings is 4. The van der Waals surface area contributed by atoms with Gasteiger partial charge in [0.2, 0.25) is 0 Å². The Morgan fingerprint density at radius 1 is 0.578 bits per heavy atom. The Kier molecular flexibility index (Phi) is 13.5. The van der Waals surface area contributed by atoms with Crippen molar-refractivity contribution in [2.75, 3.05) is 52.3 Å². The van der Waals surface area contributed by atoms with E-state index in [0.29, 0.717) is 22.6 Å². The first-order chi connectivity index (χ1) is 30.1. The van der Waals surface area contributed by atoms with E-state index in [9.17, 15) is 35.5 Å². The fourth-order valence-electron chi connectivity index (χ4n) is 8.20. The van der Waals surface area contributed by atoms with Gasteiger partial charge in [-0.05, 0) is 71.5 Å². The molecule has 18 nitrogen and oxygen atoms in total. The fourth-order valence-corrected chi connectivity index (χ4v) is 10.0. The van der Waals surface area contributed by atoms with Crippen LogP contribution in [0.3, 0.4) is 0 Å². The Morgan fingerprint density at radius 3 is 1.28 bits per heavy atom. The second-order valence-electron chi connectivity index (χ2n) is 15.0. The summed E-state index contributed by atoms with van der Waals surface area (Å²) >= 11 is 0. The predicted octanol–water partition coefficient (Wildman–Crippen LogP) is 2.36. The molecule has 0 saturated carbocycles. The molecule has 64 heavy (non-hydrogen) atoms. The molecule has 4 aromatic rings. The van der Waals surface area contributed by atoms with E-state index in [-0.39, 0.29) is 108 Å². The van der Waals surface area contributed by atoms with Crippen LogP contribution in [0.15, 0.2) is 85.2 Å². The summed E-state index contributed by atoms with van der Waals surface area (Å²) in [5.41, 5.74) is 3.30. The van der Waals surface area contributed by atoms with Gasteiger partial charge in [-0.25, -0.2) is 0 Å². The Hall–Kier alpha value is -5.48. The first kappa shape index (κ1) is 46.5. The van der Waals surface area contributed by atoms with Gasteiger partial charge in [-0.3, -0.25) is 18.7 Å². The summed E-state index contributed by atoms with van der Waals surface area (Å²) in [6.45, 7) is 0.0870. The molecule has 332 valence electrons. The zero-order valence-corrected chi connectivity index (χ0v) is 39.1. The van der Waals surface area contributed by atoms with Gasteiger partial charge in [0.15, 0.2) is 33.7 Å². The minimum absolute atomic E-state index is 0. The molecule has 4 atom stereocenters. The van der Waals surface area contributed by atoms with Crippen LogP contribution >= 0.6 is 0 Å². The molecule has 0 bridgehead atoms. The fraction of sp³-hybridized carbons (Fsp3) is 0.302. The zero-order chi connectivity index (χ0) is 44.8. The second kappa shape index (κ2) is 18.6. The number of hydrogen-bond donors (Lipinski definition) is 4. The van der Waals surface area contributed by atoms with E-state index in [4.69, 9.17) is 28.4 Å². The molecule has 2 amide bonds. The summed E-state index contributed by atoms with van der Waals surface area (Å²) in [6, 6.07) is 18.0. The number of fused-ring (bicyclic) bond motifs is 4. The van der Waals surface area contributed by atoms with E-state index in [1.807, 2.05) is 0 Å². The van der Waals surface area contributed by atoms with Crippen molar-refractivity contribution < 1.29 is 93.5 Å². The molecule has 0 aromatic heterocycles. The first-order valence-corrected chi connectivity index (χ1v) is 22.6. The number of rotatable bonds is 14. The zero-order valence-electron chi connectivity index (χ0n) is 35.4. The number of ether oxygens (including phenoxy) is 6. The summed E-state index contributed by atoms with van der Waals surface area (Å²) in [7, 11) is -3.62. The third-order valence-corrected chi connectivity index (χ3v) is 13.5. The molecule has 8 rings (SSSR count). The molecular formula is C43H44N4NaO14S2+. The number of nitrogens with zero attached hydrogens (tertiary/aromatic N) is 2. The summed E-state index contributed by atoms with van der Waals surface area (Å²) in [5.74, 6) is 0.959. The van der Waals surface area contributed by atoms with Crippen LogP contribution in [0.1, 0.15) is 51.1 Å². The summed E-state index contributed by atoms with van der Waals surface area (Å²) < 4.78 is 106. The van der Waals surface area contributed by atoms with Gasteiger partial charge >= 0.3 is 29.6 Å². The molecule has 4 heterocycles. The molecule has 0 spiro atoms. The van der Waals surface area contributed by atoms with Gasteiger partial charge in [0.25, 0.3) is 32.1 Å². The smallest absolute Gasteiger partial charge is 0.497 e. The Bertz CT molecular complexity index is 2560. The SMILES string of the molecule is COc1ccc(C2=CN3C(=O)c4cc(OC)c(OCCCOc5cc6c(cc5OC)C(=O)N5C=C(c7ccc(OC)cc7)C[C@H]5C(S(=O)(=O)O)N6)cc4NC(S(=O)(=O)O)[C@@H]3C2)cc1.[Na+]. The number of carbonyl (C=O) groups excluding carboxylic acids is 2. The third kappa shape index (κ3) is 9.08. The van der Waals surface area contributed by atoms with Gasteiger partial charge in [-0.15, -0.1) is 0 Å². The molecule has 4 aromatic carbocycles. The number of methoxy groups -OCH3 is 4. The maximum Gasteiger partial charge on any atom is 1.00 e. The Labute approximate surface area is 391 Å².